The van der Waals surface area contributed by atoms with E-state index in [0.29, 0.717) is 17.7 Å². The van der Waals surface area contributed by atoms with Gasteiger partial charge in [0, 0.05) is 13.8 Å². The molecule has 0 aliphatic carbocycles. The van der Waals surface area contributed by atoms with E-state index in [9.17, 15) is 9.59 Å². The molecule has 2 aromatic heterocycles. The summed E-state index contributed by atoms with van der Waals surface area (Å²) >= 11 is 0. The highest BCUT2D eigenvalue weighted by molar-refractivity contribution is 5.91. The molecular formula is C26H27N5O5. The second-order valence-corrected chi connectivity index (χ2v) is 7.96. The molecular weight excluding hydrogens is 462 g/mol. The van der Waals surface area contributed by atoms with Gasteiger partial charge in [0.2, 0.25) is 17.7 Å². The van der Waals surface area contributed by atoms with Crippen LogP contribution in [-0.4, -0.2) is 44.6 Å². The number of hydrogen-bond acceptors (Lipinski definition) is 8. The van der Waals surface area contributed by atoms with Crippen molar-refractivity contribution in [3.63, 3.8) is 0 Å². The highest BCUT2D eigenvalue weighted by Crippen LogP contribution is 2.26. The molecule has 1 amide bonds. The molecule has 10 nitrogen and oxygen atoms in total. The van der Waals surface area contributed by atoms with Crippen LogP contribution in [0.4, 0.5) is 5.95 Å². The lowest BCUT2D eigenvalue weighted by atomic mass is 10.2. The van der Waals surface area contributed by atoms with Crippen LogP contribution in [0.15, 0.2) is 67.0 Å². The Bertz CT molecular complexity index is 1310. The van der Waals surface area contributed by atoms with Crippen molar-refractivity contribution in [3.05, 3.63) is 78.1 Å². The fourth-order valence-electron chi connectivity index (χ4n) is 3.45. The maximum absolute atomic E-state index is 12.6. The van der Waals surface area contributed by atoms with Crippen molar-refractivity contribution in [1.82, 2.24) is 19.5 Å². The summed E-state index contributed by atoms with van der Waals surface area (Å²) in [6.45, 7) is 3.85. The molecule has 0 spiro atoms. The first kappa shape index (κ1) is 24.8. The van der Waals surface area contributed by atoms with Gasteiger partial charge in [-0.05, 0) is 11.1 Å². The van der Waals surface area contributed by atoms with E-state index in [1.165, 1.54) is 18.7 Å². The Hall–Kier alpha value is -4.31. The molecule has 0 fully saturated rings. The average Bonchev–Trinajstić information content (AvgIpc) is 3.29. The summed E-state index contributed by atoms with van der Waals surface area (Å²) in [7, 11) is 0. The van der Waals surface area contributed by atoms with Gasteiger partial charge in [0.1, 0.15) is 19.9 Å². The number of carbonyl (C=O) groups is 2. The summed E-state index contributed by atoms with van der Waals surface area (Å²) in [6.07, 6.45) is 1.57. The lowest BCUT2D eigenvalue weighted by Gasteiger charge is -2.20. The van der Waals surface area contributed by atoms with E-state index in [-0.39, 0.29) is 50.3 Å². The zero-order chi connectivity index (χ0) is 25.3. The Balaban J connectivity index is 1.64. The first-order chi connectivity index (χ1) is 17.5. The molecule has 0 saturated carbocycles. The lowest BCUT2D eigenvalue weighted by Crippen LogP contribution is -2.30. The Kier molecular flexibility index (Phi) is 8.20. The second-order valence-electron chi connectivity index (χ2n) is 7.96. The number of fused-ring (bicyclic) bond motifs is 1. The Morgan fingerprint density at radius 2 is 1.61 bits per heavy atom. The molecule has 0 unspecified atom stereocenters. The Morgan fingerprint density at radius 3 is 2.28 bits per heavy atom. The molecule has 36 heavy (non-hydrogen) atoms. The second kappa shape index (κ2) is 11.9. The topological polar surface area (TPSA) is 109 Å². The van der Waals surface area contributed by atoms with Gasteiger partial charge in [-0.2, -0.15) is 9.97 Å². The van der Waals surface area contributed by atoms with Gasteiger partial charge in [-0.15, -0.1) is 0 Å². The van der Waals surface area contributed by atoms with Crippen LogP contribution in [0, 0.1) is 0 Å². The standard InChI is InChI=1S/C26H27N5O5/c1-19(32)31(15-21-9-5-3-6-10-21)26-28-24-23(25(29-26)36-16-22-11-7-4-8-12-22)27-17-30(24)18-34-13-14-35-20(2)33/h3-12,17H,13-16,18H2,1-2H3. The fraction of sp³-hybridized carbons (Fsp3) is 0.269. The largest absolute Gasteiger partial charge is 0.471 e. The van der Waals surface area contributed by atoms with Crippen molar-refractivity contribution in [1.29, 1.82) is 0 Å². The highest BCUT2D eigenvalue weighted by atomic mass is 16.6. The third kappa shape index (κ3) is 6.42. The van der Waals surface area contributed by atoms with Gasteiger partial charge in [0.25, 0.3) is 0 Å². The van der Waals surface area contributed by atoms with Gasteiger partial charge in [0.15, 0.2) is 11.2 Å². The van der Waals surface area contributed by atoms with Gasteiger partial charge in [-0.25, -0.2) is 4.98 Å². The van der Waals surface area contributed by atoms with Crippen LogP contribution in [0.25, 0.3) is 11.2 Å². The number of hydrogen-bond donors (Lipinski definition) is 0. The number of benzene rings is 2. The molecule has 10 heteroatoms. The van der Waals surface area contributed by atoms with Crippen molar-refractivity contribution in [2.75, 3.05) is 18.1 Å². The van der Waals surface area contributed by atoms with E-state index < -0.39 is 0 Å². The number of amides is 1. The molecule has 0 aliphatic rings. The SMILES string of the molecule is CC(=O)OCCOCn1cnc2c(OCc3ccccc3)nc(N(Cc3ccccc3)C(C)=O)nc21. The van der Waals surface area contributed by atoms with E-state index >= 15 is 0 Å². The number of carbonyl (C=O) groups excluding carboxylic acids is 2. The minimum Gasteiger partial charge on any atom is -0.471 e. The van der Waals surface area contributed by atoms with Crippen LogP contribution < -0.4 is 9.64 Å². The molecule has 0 saturated heterocycles. The number of aromatic nitrogens is 4. The van der Waals surface area contributed by atoms with Crippen molar-refractivity contribution in [3.8, 4) is 5.88 Å². The van der Waals surface area contributed by atoms with Gasteiger partial charge >= 0.3 is 5.97 Å². The number of ether oxygens (including phenoxy) is 3. The Labute approximate surface area is 208 Å². The maximum atomic E-state index is 12.6. The monoisotopic (exact) mass is 489 g/mol. The number of imidazole rings is 1. The van der Waals surface area contributed by atoms with Gasteiger partial charge in [0.05, 0.1) is 19.5 Å². The molecule has 186 valence electrons. The van der Waals surface area contributed by atoms with Crippen molar-refractivity contribution < 1.29 is 23.8 Å². The number of esters is 1. The lowest BCUT2D eigenvalue weighted by molar-refractivity contribution is -0.142. The summed E-state index contributed by atoms with van der Waals surface area (Å²) < 4.78 is 18.2. The molecule has 0 radical (unpaired) electrons. The van der Waals surface area contributed by atoms with E-state index in [1.54, 1.807) is 10.9 Å². The van der Waals surface area contributed by atoms with Gasteiger partial charge in [-0.3, -0.25) is 19.1 Å². The minimum absolute atomic E-state index is 0.116. The molecule has 4 aromatic rings. The molecule has 2 aromatic carbocycles. The van der Waals surface area contributed by atoms with E-state index in [4.69, 9.17) is 14.2 Å². The normalized spacial score (nSPS) is 10.8. The van der Waals surface area contributed by atoms with E-state index in [0.717, 1.165) is 11.1 Å². The summed E-state index contributed by atoms with van der Waals surface area (Å²) in [6, 6.07) is 19.3. The molecule has 0 atom stereocenters. The number of nitrogens with zero attached hydrogens (tertiary/aromatic N) is 5. The predicted octanol–water partition coefficient (Wildman–Crippen LogP) is 3.50. The summed E-state index contributed by atoms with van der Waals surface area (Å²) in [5.74, 6) is -0.122. The zero-order valence-corrected chi connectivity index (χ0v) is 20.2. The van der Waals surface area contributed by atoms with Crippen LogP contribution in [0.3, 0.4) is 0 Å². The van der Waals surface area contributed by atoms with Crippen LogP contribution in [0.5, 0.6) is 5.88 Å². The fourth-order valence-corrected chi connectivity index (χ4v) is 3.45. The summed E-state index contributed by atoms with van der Waals surface area (Å²) in [4.78, 5) is 38.7. The third-order valence-corrected chi connectivity index (χ3v) is 5.21. The van der Waals surface area contributed by atoms with Crippen LogP contribution >= 0.6 is 0 Å². The first-order valence-corrected chi connectivity index (χ1v) is 11.4. The molecule has 0 aliphatic heterocycles. The van der Waals surface area contributed by atoms with E-state index in [2.05, 4.69) is 15.0 Å². The maximum Gasteiger partial charge on any atom is 0.302 e. The zero-order valence-electron chi connectivity index (χ0n) is 20.2. The smallest absolute Gasteiger partial charge is 0.302 e. The predicted molar refractivity (Wildman–Crippen MR) is 132 cm³/mol. The van der Waals surface area contributed by atoms with Gasteiger partial charge < -0.3 is 14.2 Å². The van der Waals surface area contributed by atoms with Crippen LogP contribution in [0.1, 0.15) is 25.0 Å². The molecule has 2 heterocycles. The number of rotatable bonds is 11. The van der Waals surface area contributed by atoms with Crippen LogP contribution in [-0.2, 0) is 38.9 Å². The minimum atomic E-state index is -0.369. The van der Waals surface area contributed by atoms with Gasteiger partial charge in [-0.1, -0.05) is 60.7 Å². The molecule has 0 bridgehead atoms. The molecule has 4 rings (SSSR count). The average molecular weight is 490 g/mol. The third-order valence-electron chi connectivity index (χ3n) is 5.21. The first-order valence-electron chi connectivity index (χ1n) is 11.4. The van der Waals surface area contributed by atoms with Crippen molar-refractivity contribution >= 4 is 29.0 Å². The van der Waals surface area contributed by atoms with E-state index in [1.807, 2.05) is 60.7 Å². The summed E-state index contributed by atoms with van der Waals surface area (Å²) in [5, 5.41) is 0. The Morgan fingerprint density at radius 1 is 0.917 bits per heavy atom. The summed E-state index contributed by atoms with van der Waals surface area (Å²) in [5.41, 5.74) is 2.80. The number of anilines is 1. The van der Waals surface area contributed by atoms with Crippen molar-refractivity contribution in [2.45, 2.75) is 33.7 Å². The van der Waals surface area contributed by atoms with Crippen LogP contribution in [0.2, 0.25) is 0 Å². The quantitative estimate of drug-likeness (QED) is 0.233. The highest BCUT2D eigenvalue weighted by Gasteiger charge is 2.21. The van der Waals surface area contributed by atoms with Crippen molar-refractivity contribution in [2.24, 2.45) is 0 Å². The molecule has 0 N–H and O–H groups in total.